The molecule has 0 aliphatic carbocycles. The minimum absolute atomic E-state index is 0.0617. The third kappa shape index (κ3) is 2.58. The van der Waals surface area contributed by atoms with E-state index >= 15 is 0 Å². The fourth-order valence-electron chi connectivity index (χ4n) is 1.28. The zero-order valence-electron chi connectivity index (χ0n) is 8.01. The van der Waals surface area contributed by atoms with E-state index < -0.39 is 10.8 Å². The highest BCUT2D eigenvalue weighted by Crippen LogP contribution is 2.27. The molecule has 2 rings (SSSR count). The summed E-state index contributed by atoms with van der Waals surface area (Å²) >= 11 is 1.51. The van der Waals surface area contributed by atoms with Gasteiger partial charge in [0.05, 0.1) is 15.0 Å². The van der Waals surface area contributed by atoms with E-state index in [0.717, 1.165) is 5.75 Å². The van der Waals surface area contributed by atoms with Gasteiger partial charge in [-0.05, 0) is 0 Å². The minimum atomic E-state index is -0.952. The molecule has 1 unspecified atom stereocenters. The third-order valence-corrected chi connectivity index (χ3v) is 5.17. The van der Waals surface area contributed by atoms with Gasteiger partial charge in [0.1, 0.15) is 0 Å². The number of rotatable bonds is 2. The van der Waals surface area contributed by atoms with Gasteiger partial charge >= 0.3 is 0 Å². The molecule has 0 amide bonds. The topological polar surface area (TPSA) is 34.1 Å². The van der Waals surface area contributed by atoms with E-state index in [9.17, 15) is 9.00 Å². The van der Waals surface area contributed by atoms with Gasteiger partial charge in [-0.3, -0.25) is 9.00 Å². The van der Waals surface area contributed by atoms with Crippen LogP contribution < -0.4 is 0 Å². The SMILES string of the molecule is O=C(/C=C1\SCCS1=O)c1ccccc1. The Labute approximate surface area is 95.2 Å². The lowest BCUT2D eigenvalue weighted by Gasteiger charge is -1.96. The van der Waals surface area contributed by atoms with Gasteiger partial charge in [0.2, 0.25) is 0 Å². The van der Waals surface area contributed by atoms with Crippen LogP contribution in [0.1, 0.15) is 10.4 Å². The molecule has 1 aliphatic rings. The molecule has 1 saturated heterocycles. The van der Waals surface area contributed by atoms with Crippen LogP contribution in [0.5, 0.6) is 0 Å². The van der Waals surface area contributed by atoms with Crippen LogP contribution in [0.4, 0.5) is 0 Å². The van der Waals surface area contributed by atoms with Gasteiger partial charge in [0.15, 0.2) is 5.78 Å². The Hall–Kier alpha value is -0.870. The maximum absolute atomic E-state index is 11.7. The van der Waals surface area contributed by atoms with E-state index in [4.69, 9.17) is 0 Å². The van der Waals surface area contributed by atoms with Crippen LogP contribution in [0.3, 0.4) is 0 Å². The standard InChI is InChI=1S/C11H10O2S2/c12-10(9-4-2-1-3-5-9)8-11-14-6-7-15(11)13/h1-5,8H,6-7H2/b11-8+. The van der Waals surface area contributed by atoms with Crippen molar-refractivity contribution in [1.29, 1.82) is 0 Å². The van der Waals surface area contributed by atoms with Crippen molar-refractivity contribution in [2.45, 2.75) is 0 Å². The fraction of sp³-hybridized carbons (Fsp3) is 0.182. The molecule has 15 heavy (non-hydrogen) atoms. The van der Waals surface area contributed by atoms with Crippen LogP contribution >= 0.6 is 11.8 Å². The predicted molar refractivity (Wildman–Crippen MR) is 64.3 cm³/mol. The van der Waals surface area contributed by atoms with Crippen LogP contribution in [0.2, 0.25) is 0 Å². The van der Waals surface area contributed by atoms with Gasteiger partial charge in [0.25, 0.3) is 0 Å². The first-order valence-electron chi connectivity index (χ1n) is 4.59. The average Bonchev–Trinajstić information content (AvgIpc) is 2.66. The van der Waals surface area contributed by atoms with E-state index in [0.29, 0.717) is 15.6 Å². The molecule has 0 spiro atoms. The van der Waals surface area contributed by atoms with E-state index in [-0.39, 0.29) is 5.78 Å². The van der Waals surface area contributed by atoms with E-state index in [1.54, 1.807) is 12.1 Å². The number of ketones is 1. The molecule has 2 nitrogen and oxygen atoms in total. The predicted octanol–water partition coefficient (Wildman–Crippen LogP) is 2.21. The molecule has 0 saturated carbocycles. The lowest BCUT2D eigenvalue weighted by molar-refractivity contribution is 0.104. The average molecular weight is 238 g/mol. The lowest BCUT2D eigenvalue weighted by Crippen LogP contribution is -1.96. The van der Waals surface area contributed by atoms with Gasteiger partial charge in [-0.15, -0.1) is 11.8 Å². The van der Waals surface area contributed by atoms with Gasteiger partial charge in [-0.25, -0.2) is 0 Å². The Morgan fingerprint density at radius 1 is 1.33 bits per heavy atom. The summed E-state index contributed by atoms with van der Waals surface area (Å²) in [4.78, 5) is 11.7. The van der Waals surface area contributed by atoms with Crippen molar-refractivity contribution in [2.75, 3.05) is 11.5 Å². The van der Waals surface area contributed by atoms with Crippen molar-refractivity contribution >= 4 is 28.3 Å². The zero-order chi connectivity index (χ0) is 10.7. The van der Waals surface area contributed by atoms with Gasteiger partial charge < -0.3 is 0 Å². The maximum atomic E-state index is 11.7. The molecule has 0 bridgehead atoms. The first-order chi connectivity index (χ1) is 7.27. The second-order valence-corrected chi connectivity index (χ2v) is 6.03. The van der Waals surface area contributed by atoms with Crippen LogP contribution in [0.15, 0.2) is 40.6 Å². The smallest absolute Gasteiger partial charge is 0.187 e. The van der Waals surface area contributed by atoms with Crippen molar-refractivity contribution in [3.05, 3.63) is 46.2 Å². The van der Waals surface area contributed by atoms with Crippen molar-refractivity contribution in [3.63, 3.8) is 0 Å². The Bertz CT molecular complexity index is 423. The molecule has 0 aromatic heterocycles. The number of thioether (sulfide) groups is 1. The minimum Gasteiger partial charge on any atom is -0.289 e. The van der Waals surface area contributed by atoms with Crippen LogP contribution in [-0.4, -0.2) is 21.5 Å². The Morgan fingerprint density at radius 3 is 2.67 bits per heavy atom. The van der Waals surface area contributed by atoms with E-state index in [1.807, 2.05) is 18.2 Å². The van der Waals surface area contributed by atoms with E-state index in [1.165, 1.54) is 17.8 Å². The van der Waals surface area contributed by atoms with Crippen LogP contribution in [0, 0.1) is 0 Å². The summed E-state index contributed by atoms with van der Waals surface area (Å²) in [5.74, 6) is 1.45. The number of carbonyl (C=O) groups is 1. The molecule has 1 aromatic rings. The summed E-state index contributed by atoms with van der Waals surface area (Å²) in [6, 6.07) is 9.05. The Morgan fingerprint density at radius 2 is 2.07 bits per heavy atom. The number of hydrogen-bond acceptors (Lipinski definition) is 3. The molecular weight excluding hydrogens is 228 g/mol. The summed E-state index contributed by atoms with van der Waals surface area (Å²) in [5, 5.41) is 0. The summed E-state index contributed by atoms with van der Waals surface area (Å²) in [6.45, 7) is 0. The van der Waals surface area contributed by atoms with E-state index in [2.05, 4.69) is 0 Å². The number of carbonyl (C=O) groups excluding carboxylic acids is 1. The molecule has 1 aromatic carbocycles. The molecule has 78 valence electrons. The van der Waals surface area contributed by atoms with Crippen molar-refractivity contribution < 1.29 is 9.00 Å². The number of allylic oxidation sites excluding steroid dienone is 1. The van der Waals surface area contributed by atoms with Crippen LogP contribution in [0.25, 0.3) is 0 Å². The summed E-state index contributed by atoms with van der Waals surface area (Å²) < 4.78 is 12.1. The Balaban J connectivity index is 2.20. The molecule has 0 N–H and O–H groups in total. The second-order valence-electron chi connectivity index (χ2n) is 3.09. The number of hydrogen-bond donors (Lipinski definition) is 0. The largest absolute Gasteiger partial charge is 0.289 e. The van der Waals surface area contributed by atoms with Crippen LogP contribution in [-0.2, 0) is 10.8 Å². The van der Waals surface area contributed by atoms with Gasteiger partial charge in [-0.2, -0.15) is 0 Å². The quantitative estimate of drug-likeness (QED) is 0.585. The molecule has 1 atom stereocenters. The van der Waals surface area contributed by atoms with Gasteiger partial charge in [-0.1, -0.05) is 30.3 Å². The molecule has 1 aliphatic heterocycles. The highest BCUT2D eigenvalue weighted by atomic mass is 32.2. The molecule has 4 heteroatoms. The van der Waals surface area contributed by atoms with Crippen molar-refractivity contribution in [3.8, 4) is 0 Å². The Kier molecular flexibility index (Phi) is 3.38. The van der Waals surface area contributed by atoms with Crippen molar-refractivity contribution in [2.24, 2.45) is 0 Å². The van der Waals surface area contributed by atoms with Gasteiger partial charge in [0, 0.05) is 23.1 Å². The van der Waals surface area contributed by atoms with Crippen molar-refractivity contribution in [1.82, 2.24) is 0 Å². The fourth-order valence-corrected chi connectivity index (χ4v) is 4.08. The highest BCUT2D eigenvalue weighted by Gasteiger charge is 2.17. The third-order valence-electron chi connectivity index (χ3n) is 2.04. The molecular formula is C11H10O2S2. The monoisotopic (exact) mass is 238 g/mol. The number of benzene rings is 1. The lowest BCUT2D eigenvalue weighted by atomic mass is 10.1. The zero-order valence-corrected chi connectivity index (χ0v) is 9.64. The second kappa shape index (κ2) is 4.77. The molecule has 0 radical (unpaired) electrons. The molecule has 1 heterocycles. The molecule has 1 fully saturated rings. The highest BCUT2D eigenvalue weighted by molar-refractivity contribution is 8.19. The first kappa shape index (κ1) is 10.6. The maximum Gasteiger partial charge on any atom is 0.187 e. The summed E-state index contributed by atoms with van der Waals surface area (Å²) in [5.41, 5.74) is 0.648. The summed E-state index contributed by atoms with van der Waals surface area (Å²) in [7, 11) is -0.952. The summed E-state index contributed by atoms with van der Waals surface area (Å²) in [6.07, 6.45) is 1.50. The normalized spacial score (nSPS) is 23.2. The first-order valence-corrected chi connectivity index (χ1v) is 6.90.